The maximum Gasteiger partial charge on any atom is 0.249 e. The normalized spacial score (nSPS) is 14.1. The van der Waals surface area contributed by atoms with Crippen LogP contribution in [0.3, 0.4) is 0 Å². The quantitative estimate of drug-likeness (QED) is 0.859. The molecule has 2 N–H and O–H groups in total. The minimum atomic E-state index is -0.693. The Kier molecular flexibility index (Phi) is 5.53. The lowest BCUT2D eigenvalue weighted by Crippen LogP contribution is -2.38. The van der Waals surface area contributed by atoms with Gasteiger partial charge in [0.15, 0.2) is 0 Å². The van der Waals surface area contributed by atoms with Gasteiger partial charge in [-0.1, -0.05) is 17.7 Å². The fourth-order valence-corrected chi connectivity index (χ4v) is 1.48. The highest BCUT2D eigenvalue weighted by Crippen LogP contribution is 2.20. The lowest BCUT2D eigenvalue weighted by molar-refractivity contribution is -0.131. The van der Waals surface area contributed by atoms with Gasteiger partial charge >= 0.3 is 0 Å². The van der Waals surface area contributed by atoms with E-state index in [1.807, 2.05) is 0 Å². The summed E-state index contributed by atoms with van der Waals surface area (Å²) in [6.45, 7) is 1.23. The van der Waals surface area contributed by atoms with Gasteiger partial charge in [-0.2, -0.15) is 0 Å². The van der Waals surface area contributed by atoms with E-state index in [9.17, 15) is 14.3 Å². The highest BCUT2D eigenvalue weighted by atomic mass is 35.5. The molecule has 0 aliphatic heterocycles. The molecule has 0 heterocycles. The molecule has 0 saturated carbocycles. The molecule has 0 radical (unpaired) electrons. The van der Waals surface area contributed by atoms with E-state index in [1.54, 1.807) is 13.0 Å². The zero-order valence-electron chi connectivity index (χ0n) is 10.1. The van der Waals surface area contributed by atoms with E-state index in [0.29, 0.717) is 5.56 Å². The van der Waals surface area contributed by atoms with Crippen LogP contribution in [0.25, 0.3) is 0 Å². The number of halogens is 2. The molecular weight excluding hydrogens is 261 g/mol. The van der Waals surface area contributed by atoms with Crippen molar-refractivity contribution in [3.63, 3.8) is 0 Å². The second kappa shape index (κ2) is 6.68. The van der Waals surface area contributed by atoms with Gasteiger partial charge in [0, 0.05) is 7.11 Å². The summed E-state index contributed by atoms with van der Waals surface area (Å²) in [7, 11) is 1.40. The van der Waals surface area contributed by atoms with Gasteiger partial charge in [0.25, 0.3) is 0 Å². The molecular formula is C12H15ClFNO3. The number of carbonyl (C=O) groups is 1. The Labute approximate surface area is 110 Å². The number of aliphatic hydroxyl groups excluding tert-OH is 1. The maximum absolute atomic E-state index is 13.3. The van der Waals surface area contributed by atoms with Gasteiger partial charge in [-0.3, -0.25) is 4.79 Å². The van der Waals surface area contributed by atoms with Crippen molar-refractivity contribution in [1.82, 2.24) is 5.32 Å². The molecule has 0 saturated heterocycles. The molecule has 0 aromatic heterocycles. The summed E-state index contributed by atoms with van der Waals surface area (Å²) < 4.78 is 18.1. The van der Waals surface area contributed by atoms with Crippen LogP contribution in [-0.4, -0.2) is 30.8 Å². The van der Waals surface area contributed by atoms with E-state index < -0.39 is 18.0 Å². The second-order valence-corrected chi connectivity index (χ2v) is 4.20. The molecule has 1 amide bonds. The summed E-state index contributed by atoms with van der Waals surface area (Å²) in [5.74, 6) is -0.978. The van der Waals surface area contributed by atoms with Crippen LogP contribution in [0.5, 0.6) is 0 Å². The molecule has 2 unspecified atom stereocenters. The number of methoxy groups -OCH3 is 1. The first-order valence-electron chi connectivity index (χ1n) is 5.38. The summed E-state index contributed by atoms with van der Waals surface area (Å²) in [6, 6.07) is 3.41. The fourth-order valence-electron chi connectivity index (χ4n) is 1.36. The van der Waals surface area contributed by atoms with Gasteiger partial charge < -0.3 is 15.2 Å². The van der Waals surface area contributed by atoms with Crippen LogP contribution in [0.2, 0.25) is 5.02 Å². The molecule has 1 aromatic rings. The van der Waals surface area contributed by atoms with Crippen molar-refractivity contribution in [2.75, 3.05) is 13.7 Å². The van der Waals surface area contributed by atoms with Crippen LogP contribution in [0.1, 0.15) is 18.5 Å². The second-order valence-electron chi connectivity index (χ2n) is 3.80. The lowest BCUT2D eigenvalue weighted by atomic mass is 10.1. The third-order valence-corrected chi connectivity index (χ3v) is 2.87. The molecule has 1 rings (SSSR count). The molecule has 0 aliphatic carbocycles. The van der Waals surface area contributed by atoms with Gasteiger partial charge in [0.05, 0.1) is 17.7 Å². The van der Waals surface area contributed by atoms with Gasteiger partial charge in [0.2, 0.25) is 5.91 Å². The molecule has 0 fully saturated rings. The summed E-state index contributed by atoms with van der Waals surface area (Å²) >= 11 is 5.56. The number of nitrogens with one attached hydrogen (secondary N) is 1. The van der Waals surface area contributed by atoms with E-state index in [-0.39, 0.29) is 17.5 Å². The molecule has 0 bridgehead atoms. The summed E-state index contributed by atoms with van der Waals surface area (Å²) in [5.41, 5.74) is 0.441. The first-order valence-corrected chi connectivity index (χ1v) is 5.76. The van der Waals surface area contributed by atoms with Crippen molar-refractivity contribution in [1.29, 1.82) is 0 Å². The zero-order chi connectivity index (χ0) is 13.7. The summed E-state index contributed by atoms with van der Waals surface area (Å²) in [6.07, 6.45) is -0.642. The van der Waals surface area contributed by atoms with Crippen LogP contribution in [-0.2, 0) is 9.53 Å². The van der Waals surface area contributed by atoms with E-state index in [2.05, 4.69) is 5.32 Å². The SMILES string of the molecule is COC(C)C(=O)NC(CO)c1ccc(Cl)c(F)c1. The Hall–Kier alpha value is -1.17. The van der Waals surface area contributed by atoms with E-state index in [0.717, 1.165) is 0 Å². The minimum absolute atomic E-state index is 0.00738. The van der Waals surface area contributed by atoms with Gasteiger partial charge in [0.1, 0.15) is 11.9 Å². The topological polar surface area (TPSA) is 58.6 Å². The first-order chi connectivity index (χ1) is 8.49. The molecule has 100 valence electrons. The predicted molar refractivity (Wildman–Crippen MR) is 65.9 cm³/mol. The van der Waals surface area contributed by atoms with Gasteiger partial charge in [-0.25, -0.2) is 4.39 Å². The molecule has 1 aromatic carbocycles. The first kappa shape index (κ1) is 14.9. The number of ether oxygens (including phenoxy) is 1. The van der Waals surface area contributed by atoms with Crippen molar-refractivity contribution < 1.29 is 19.0 Å². The smallest absolute Gasteiger partial charge is 0.249 e. The molecule has 18 heavy (non-hydrogen) atoms. The Morgan fingerprint density at radius 2 is 2.28 bits per heavy atom. The number of carbonyl (C=O) groups excluding carboxylic acids is 1. The number of hydrogen-bond acceptors (Lipinski definition) is 3. The van der Waals surface area contributed by atoms with Gasteiger partial charge in [-0.05, 0) is 24.6 Å². The van der Waals surface area contributed by atoms with Crippen LogP contribution >= 0.6 is 11.6 Å². The van der Waals surface area contributed by atoms with Crippen molar-refractivity contribution in [2.45, 2.75) is 19.1 Å². The molecule has 6 heteroatoms. The van der Waals surface area contributed by atoms with E-state index >= 15 is 0 Å². The average molecular weight is 276 g/mol. The lowest BCUT2D eigenvalue weighted by Gasteiger charge is -2.19. The van der Waals surface area contributed by atoms with Crippen LogP contribution in [0.15, 0.2) is 18.2 Å². The monoisotopic (exact) mass is 275 g/mol. The molecule has 0 spiro atoms. The Morgan fingerprint density at radius 3 is 2.78 bits per heavy atom. The highest BCUT2D eigenvalue weighted by Gasteiger charge is 2.18. The number of hydrogen-bond donors (Lipinski definition) is 2. The molecule has 0 aliphatic rings. The van der Waals surface area contributed by atoms with Crippen LogP contribution in [0.4, 0.5) is 4.39 Å². The van der Waals surface area contributed by atoms with Crippen molar-refractivity contribution in [3.8, 4) is 0 Å². The summed E-state index contributed by atoms with van der Waals surface area (Å²) in [4.78, 5) is 11.6. The fraction of sp³-hybridized carbons (Fsp3) is 0.417. The standard InChI is InChI=1S/C12H15ClFNO3/c1-7(18-2)12(17)15-11(6-16)8-3-4-9(13)10(14)5-8/h3-5,7,11,16H,6H2,1-2H3,(H,15,17). The third-order valence-electron chi connectivity index (χ3n) is 2.57. The van der Waals surface area contributed by atoms with Crippen molar-refractivity contribution in [2.24, 2.45) is 0 Å². The largest absolute Gasteiger partial charge is 0.394 e. The Balaban J connectivity index is 2.83. The van der Waals surface area contributed by atoms with Crippen molar-refractivity contribution in [3.05, 3.63) is 34.6 Å². The summed E-state index contributed by atoms with van der Waals surface area (Å²) in [5, 5.41) is 11.8. The molecule has 2 atom stereocenters. The Morgan fingerprint density at radius 1 is 1.61 bits per heavy atom. The van der Waals surface area contributed by atoms with Gasteiger partial charge in [-0.15, -0.1) is 0 Å². The van der Waals surface area contributed by atoms with Crippen LogP contribution in [0, 0.1) is 5.82 Å². The average Bonchev–Trinajstić information content (AvgIpc) is 2.38. The van der Waals surface area contributed by atoms with Crippen molar-refractivity contribution >= 4 is 17.5 Å². The number of benzene rings is 1. The molecule has 4 nitrogen and oxygen atoms in total. The van der Waals surface area contributed by atoms with E-state index in [1.165, 1.54) is 19.2 Å². The minimum Gasteiger partial charge on any atom is -0.394 e. The highest BCUT2D eigenvalue weighted by molar-refractivity contribution is 6.30. The number of aliphatic hydroxyl groups is 1. The predicted octanol–water partition coefficient (Wildman–Crippen LogP) is 1.66. The van der Waals surface area contributed by atoms with E-state index in [4.69, 9.17) is 16.3 Å². The Bertz CT molecular complexity index is 428. The van der Waals surface area contributed by atoms with Crippen LogP contribution < -0.4 is 5.32 Å². The number of rotatable bonds is 5. The zero-order valence-corrected chi connectivity index (χ0v) is 10.9. The number of amides is 1. The third kappa shape index (κ3) is 3.66. The maximum atomic E-state index is 13.3.